The number of nitrogens with zero attached hydrogens (tertiary/aromatic N) is 1. The first-order valence-corrected chi connectivity index (χ1v) is 8.16. The fraction of sp³-hybridized carbons (Fsp3) is 0.263. The van der Waals surface area contributed by atoms with Gasteiger partial charge < -0.3 is 10.2 Å². The van der Waals surface area contributed by atoms with Gasteiger partial charge in [0.1, 0.15) is 6.04 Å². The molecule has 0 spiro atoms. The van der Waals surface area contributed by atoms with E-state index in [2.05, 4.69) is 5.32 Å². The van der Waals surface area contributed by atoms with Crippen LogP contribution in [0, 0.1) is 11.6 Å². The summed E-state index contributed by atoms with van der Waals surface area (Å²) in [4.78, 5) is 27.0. The van der Waals surface area contributed by atoms with Gasteiger partial charge in [-0.3, -0.25) is 9.59 Å². The lowest BCUT2D eigenvalue weighted by Crippen LogP contribution is -2.41. The molecule has 0 aliphatic carbocycles. The van der Waals surface area contributed by atoms with Crippen LogP contribution in [0.15, 0.2) is 48.5 Å². The van der Waals surface area contributed by atoms with E-state index < -0.39 is 23.6 Å². The van der Waals surface area contributed by atoms with Gasteiger partial charge in [0.2, 0.25) is 5.91 Å². The highest BCUT2D eigenvalue weighted by Gasteiger charge is 2.29. The summed E-state index contributed by atoms with van der Waals surface area (Å²) in [6.07, 6.45) is 1.87. The van der Waals surface area contributed by atoms with E-state index in [1.807, 2.05) is 6.07 Å². The Kier molecular flexibility index (Phi) is 5.07. The number of halogens is 2. The van der Waals surface area contributed by atoms with Crippen molar-refractivity contribution < 1.29 is 18.4 Å². The quantitative estimate of drug-likeness (QED) is 0.927. The Labute approximate surface area is 144 Å². The standard InChI is InChI=1S/C19H18F2N2O2/c20-15-9-8-14(12-16(15)21)18(24)22-17(13-6-2-1-3-7-13)19(25)23-10-4-5-11-23/h1-3,6-9,12,17H,4-5,10-11H2,(H,22,24)/t17-/m0/s1. The SMILES string of the molecule is O=C(N[C@H](C(=O)N1CCCC1)c1ccccc1)c1ccc(F)c(F)c1. The van der Waals surface area contributed by atoms with Crippen LogP contribution in [0.2, 0.25) is 0 Å². The van der Waals surface area contributed by atoms with Gasteiger partial charge in [0.15, 0.2) is 11.6 Å². The van der Waals surface area contributed by atoms with E-state index in [0.29, 0.717) is 18.7 Å². The largest absolute Gasteiger partial charge is 0.341 e. The normalized spacial score (nSPS) is 15.0. The van der Waals surface area contributed by atoms with Crippen molar-refractivity contribution in [3.8, 4) is 0 Å². The number of hydrogen-bond donors (Lipinski definition) is 1. The Bertz CT molecular complexity index is 774. The van der Waals surface area contributed by atoms with Gasteiger partial charge in [-0.05, 0) is 36.6 Å². The predicted molar refractivity (Wildman–Crippen MR) is 88.8 cm³/mol. The van der Waals surface area contributed by atoms with Gasteiger partial charge >= 0.3 is 0 Å². The molecule has 1 N–H and O–H groups in total. The molecule has 1 fully saturated rings. The monoisotopic (exact) mass is 344 g/mol. The van der Waals surface area contributed by atoms with Gasteiger partial charge in [-0.2, -0.15) is 0 Å². The molecule has 1 aliphatic heterocycles. The summed E-state index contributed by atoms with van der Waals surface area (Å²) in [6.45, 7) is 1.31. The first-order chi connectivity index (χ1) is 12.1. The smallest absolute Gasteiger partial charge is 0.252 e. The molecule has 25 heavy (non-hydrogen) atoms. The number of hydrogen-bond acceptors (Lipinski definition) is 2. The van der Waals surface area contributed by atoms with Crippen LogP contribution in [0.4, 0.5) is 8.78 Å². The predicted octanol–water partition coefficient (Wildman–Crippen LogP) is 3.06. The lowest BCUT2D eigenvalue weighted by atomic mass is 10.0. The molecule has 1 aliphatic rings. The molecule has 0 radical (unpaired) electrons. The fourth-order valence-electron chi connectivity index (χ4n) is 2.91. The molecular formula is C19H18F2N2O2. The molecule has 130 valence electrons. The van der Waals surface area contributed by atoms with Gasteiger partial charge in [-0.1, -0.05) is 30.3 Å². The molecule has 0 saturated carbocycles. The Morgan fingerprint density at radius 1 is 0.960 bits per heavy atom. The van der Waals surface area contributed by atoms with Crippen LogP contribution in [0.1, 0.15) is 34.8 Å². The van der Waals surface area contributed by atoms with Crippen molar-refractivity contribution in [3.63, 3.8) is 0 Å². The number of carbonyl (C=O) groups excluding carboxylic acids is 2. The maximum absolute atomic E-state index is 13.4. The Morgan fingerprint density at radius 2 is 1.64 bits per heavy atom. The third-order valence-electron chi connectivity index (χ3n) is 4.25. The van der Waals surface area contributed by atoms with Crippen LogP contribution < -0.4 is 5.32 Å². The molecule has 1 saturated heterocycles. The maximum Gasteiger partial charge on any atom is 0.252 e. The van der Waals surface area contributed by atoms with Crippen molar-refractivity contribution in [2.75, 3.05) is 13.1 Å². The zero-order valence-electron chi connectivity index (χ0n) is 13.5. The average Bonchev–Trinajstić information content (AvgIpc) is 3.16. The second kappa shape index (κ2) is 7.42. The van der Waals surface area contributed by atoms with Gasteiger partial charge in [0, 0.05) is 18.7 Å². The van der Waals surface area contributed by atoms with E-state index in [1.54, 1.807) is 29.2 Å². The lowest BCUT2D eigenvalue weighted by molar-refractivity contribution is -0.132. The summed E-state index contributed by atoms with van der Waals surface area (Å²) < 4.78 is 26.4. The van der Waals surface area contributed by atoms with Gasteiger partial charge in [0.05, 0.1) is 0 Å². The Morgan fingerprint density at radius 3 is 2.28 bits per heavy atom. The molecular weight excluding hydrogens is 326 g/mol. The number of amides is 2. The first-order valence-electron chi connectivity index (χ1n) is 8.16. The van der Waals surface area contributed by atoms with Crippen LogP contribution in [-0.4, -0.2) is 29.8 Å². The highest BCUT2D eigenvalue weighted by atomic mass is 19.2. The van der Waals surface area contributed by atoms with E-state index in [-0.39, 0.29) is 11.5 Å². The zero-order valence-corrected chi connectivity index (χ0v) is 13.5. The minimum absolute atomic E-state index is 0.0333. The zero-order chi connectivity index (χ0) is 17.8. The van der Waals surface area contributed by atoms with Crippen LogP contribution in [0.3, 0.4) is 0 Å². The van der Waals surface area contributed by atoms with Crippen molar-refractivity contribution in [1.29, 1.82) is 0 Å². The molecule has 0 aromatic heterocycles. The van der Waals surface area contributed by atoms with Crippen molar-refractivity contribution in [3.05, 3.63) is 71.3 Å². The molecule has 0 bridgehead atoms. The van der Waals surface area contributed by atoms with E-state index in [4.69, 9.17) is 0 Å². The van der Waals surface area contributed by atoms with Crippen molar-refractivity contribution in [2.24, 2.45) is 0 Å². The topological polar surface area (TPSA) is 49.4 Å². The van der Waals surface area contributed by atoms with Gasteiger partial charge in [-0.25, -0.2) is 8.78 Å². The van der Waals surface area contributed by atoms with Crippen molar-refractivity contribution in [2.45, 2.75) is 18.9 Å². The molecule has 1 atom stereocenters. The number of nitrogens with one attached hydrogen (secondary N) is 1. The highest BCUT2D eigenvalue weighted by Crippen LogP contribution is 2.20. The third-order valence-corrected chi connectivity index (χ3v) is 4.25. The maximum atomic E-state index is 13.4. The van der Waals surface area contributed by atoms with Crippen molar-refractivity contribution >= 4 is 11.8 Å². The van der Waals surface area contributed by atoms with Crippen LogP contribution in [-0.2, 0) is 4.79 Å². The van der Waals surface area contributed by atoms with Crippen LogP contribution in [0.5, 0.6) is 0 Å². The lowest BCUT2D eigenvalue weighted by Gasteiger charge is -2.24. The summed E-state index contributed by atoms with van der Waals surface area (Å²) >= 11 is 0. The number of benzene rings is 2. The molecule has 6 heteroatoms. The van der Waals surface area contributed by atoms with E-state index in [1.165, 1.54) is 6.07 Å². The summed E-state index contributed by atoms with van der Waals surface area (Å²) in [7, 11) is 0. The molecule has 3 rings (SSSR count). The Hall–Kier alpha value is -2.76. The van der Waals surface area contributed by atoms with Crippen LogP contribution in [0.25, 0.3) is 0 Å². The number of carbonyl (C=O) groups is 2. The minimum atomic E-state index is -1.10. The molecule has 2 aromatic carbocycles. The Balaban J connectivity index is 1.85. The molecule has 1 heterocycles. The molecule has 4 nitrogen and oxygen atoms in total. The minimum Gasteiger partial charge on any atom is -0.341 e. The highest BCUT2D eigenvalue weighted by molar-refractivity contribution is 5.97. The second-order valence-electron chi connectivity index (χ2n) is 5.98. The summed E-state index contributed by atoms with van der Waals surface area (Å²) in [5.41, 5.74) is 0.615. The van der Waals surface area contributed by atoms with Crippen LogP contribution >= 0.6 is 0 Å². The van der Waals surface area contributed by atoms with E-state index in [9.17, 15) is 18.4 Å². The summed E-state index contributed by atoms with van der Waals surface area (Å²) in [5, 5.41) is 2.65. The summed E-state index contributed by atoms with van der Waals surface area (Å²) in [6, 6.07) is 10.9. The number of likely N-dealkylation sites (tertiary alicyclic amines) is 1. The van der Waals surface area contributed by atoms with Crippen molar-refractivity contribution in [1.82, 2.24) is 10.2 Å². The molecule has 2 amide bonds. The van der Waals surface area contributed by atoms with Gasteiger partial charge in [0.25, 0.3) is 5.91 Å². The first kappa shape index (κ1) is 17.1. The fourth-order valence-corrected chi connectivity index (χ4v) is 2.91. The molecule has 2 aromatic rings. The van der Waals surface area contributed by atoms with E-state index in [0.717, 1.165) is 25.0 Å². The van der Waals surface area contributed by atoms with Gasteiger partial charge in [-0.15, -0.1) is 0 Å². The third kappa shape index (κ3) is 3.84. The average molecular weight is 344 g/mol. The number of rotatable bonds is 4. The second-order valence-corrected chi connectivity index (χ2v) is 5.98. The summed E-state index contributed by atoms with van der Waals surface area (Å²) in [5.74, 6) is -2.95. The molecule has 0 unspecified atom stereocenters. The van der Waals surface area contributed by atoms with E-state index >= 15 is 0 Å².